The highest BCUT2D eigenvalue weighted by Gasteiger charge is 3.01. The summed E-state index contributed by atoms with van der Waals surface area (Å²) in [6.07, 6.45) is -6.93. The third-order valence-electron chi connectivity index (χ3n) is 12.2. The van der Waals surface area contributed by atoms with Crippen LogP contribution in [0.25, 0.3) is 0 Å². The molecule has 14 heteroatoms. The summed E-state index contributed by atoms with van der Waals surface area (Å²) < 4.78 is 47.0. The number of methoxy groups -OCH3 is 1. The highest BCUT2D eigenvalue weighted by molar-refractivity contribution is 5.92. The molecule has 45 heavy (non-hydrogen) atoms. The topological polar surface area (TPSA) is 196 Å². The fraction of sp³-hybridized carbons (Fsp3) is 0.839. The van der Waals surface area contributed by atoms with Crippen LogP contribution in [0.5, 0.6) is 0 Å². The fourth-order valence-corrected chi connectivity index (χ4v) is 9.73. The molecule has 0 aromatic rings. The smallest absolute Gasteiger partial charge is 0.334 e. The van der Waals surface area contributed by atoms with Crippen LogP contribution in [0.15, 0.2) is 11.1 Å². The molecule has 2 saturated carbocycles. The SMILES string of the molecule is CO[C@H]1OC(COC(=O)CCC(=O)O[C@@H]2[C@@]3(C(C)C)O[C@H]3[C@@H]3O[C@@]34[C@@]3(C)CCC5=C(COC5=O)[C@@H]3CC3O[C@]324)[C@@H](O)C(O)C1O. The summed E-state index contributed by atoms with van der Waals surface area (Å²) >= 11 is 0. The first kappa shape index (κ1) is 30.2. The monoisotopic (exact) mass is 636 g/mol. The number of carbonyl (C=O) groups is 3. The van der Waals surface area contributed by atoms with Gasteiger partial charge in [-0.1, -0.05) is 20.8 Å². The van der Waals surface area contributed by atoms with Gasteiger partial charge in [0, 0.05) is 18.1 Å². The minimum Gasteiger partial charge on any atom is -0.463 e. The largest absolute Gasteiger partial charge is 0.463 e. The molecule has 3 aliphatic carbocycles. The van der Waals surface area contributed by atoms with E-state index in [1.165, 1.54) is 7.11 Å². The number of aliphatic hydroxyl groups excluding tert-OH is 3. The summed E-state index contributed by atoms with van der Waals surface area (Å²) in [6, 6.07) is 0. The van der Waals surface area contributed by atoms with Crippen LogP contribution in [0.4, 0.5) is 0 Å². The third kappa shape index (κ3) is 3.71. The second-order valence-corrected chi connectivity index (χ2v) is 14.3. The van der Waals surface area contributed by atoms with E-state index < -0.39 is 72.2 Å². The summed E-state index contributed by atoms with van der Waals surface area (Å²) in [5, 5.41) is 30.2. The maximum Gasteiger partial charge on any atom is 0.334 e. The van der Waals surface area contributed by atoms with Crippen molar-refractivity contribution in [1.29, 1.82) is 0 Å². The molecule has 4 saturated heterocycles. The van der Waals surface area contributed by atoms with Gasteiger partial charge in [0.2, 0.25) is 0 Å². The van der Waals surface area contributed by atoms with Crippen molar-refractivity contribution in [1.82, 2.24) is 0 Å². The number of rotatable bonds is 8. The Morgan fingerprint density at radius 1 is 1.02 bits per heavy atom. The van der Waals surface area contributed by atoms with Crippen LogP contribution < -0.4 is 0 Å². The number of esters is 3. The summed E-state index contributed by atoms with van der Waals surface area (Å²) in [5.74, 6) is -1.53. The highest BCUT2D eigenvalue weighted by atomic mass is 16.8. The zero-order valence-electron chi connectivity index (χ0n) is 25.6. The summed E-state index contributed by atoms with van der Waals surface area (Å²) in [5.41, 5.74) is -0.961. The van der Waals surface area contributed by atoms with E-state index in [1.54, 1.807) is 0 Å². The van der Waals surface area contributed by atoms with Crippen LogP contribution >= 0.6 is 0 Å². The van der Waals surface area contributed by atoms with E-state index in [0.717, 1.165) is 11.1 Å². The van der Waals surface area contributed by atoms with Gasteiger partial charge in [0.1, 0.15) is 61.0 Å². The maximum atomic E-state index is 13.4. The van der Waals surface area contributed by atoms with Crippen LogP contribution in [-0.4, -0.2) is 125 Å². The van der Waals surface area contributed by atoms with Gasteiger partial charge in [-0.3, -0.25) is 9.59 Å². The van der Waals surface area contributed by atoms with Crippen molar-refractivity contribution < 1.29 is 67.6 Å². The third-order valence-corrected chi connectivity index (χ3v) is 12.2. The number of epoxide rings is 3. The van der Waals surface area contributed by atoms with Gasteiger partial charge in [-0.15, -0.1) is 0 Å². The summed E-state index contributed by atoms with van der Waals surface area (Å²) in [4.78, 5) is 38.4. The van der Waals surface area contributed by atoms with Gasteiger partial charge >= 0.3 is 17.9 Å². The Bertz CT molecular complexity index is 1360. The van der Waals surface area contributed by atoms with E-state index in [4.69, 9.17) is 37.9 Å². The molecule has 6 fully saturated rings. The van der Waals surface area contributed by atoms with Gasteiger partial charge in [0.15, 0.2) is 18.0 Å². The number of fused-ring (bicyclic) bond motifs is 4. The molecule has 14 atom stereocenters. The molecule has 0 aromatic heterocycles. The lowest BCUT2D eigenvalue weighted by molar-refractivity contribution is -0.295. The molecule has 2 spiro atoms. The van der Waals surface area contributed by atoms with Crippen molar-refractivity contribution in [2.24, 2.45) is 17.3 Å². The number of aliphatic hydroxyl groups is 3. The van der Waals surface area contributed by atoms with Crippen LogP contribution in [0.3, 0.4) is 0 Å². The fourth-order valence-electron chi connectivity index (χ4n) is 9.73. The predicted molar refractivity (Wildman–Crippen MR) is 145 cm³/mol. The van der Waals surface area contributed by atoms with Gasteiger partial charge in [-0.2, -0.15) is 0 Å². The number of ether oxygens (including phenoxy) is 8. The molecule has 5 aliphatic heterocycles. The van der Waals surface area contributed by atoms with Crippen molar-refractivity contribution >= 4 is 17.9 Å². The van der Waals surface area contributed by atoms with Crippen LogP contribution in [0, 0.1) is 17.3 Å². The first-order chi connectivity index (χ1) is 21.4. The van der Waals surface area contributed by atoms with Gasteiger partial charge in [0.25, 0.3) is 0 Å². The number of cyclic esters (lactones) is 1. The van der Waals surface area contributed by atoms with Crippen molar-refractivity contribution in [2.45, 2.75) is 125 Å². The quantitative estimate of drug-likeness (QED) is 0.174. The molecular formula is C31H40O14. The van der Waals surface area contributed by atoms with E-state index in [0.29, 0.717) is 25.9 Å². The standard InChI is InChI=1S/C31H40O14/c1-12(2)29-23(44-29)24-31(45-24)28(3)8-7-13-14(10-40-25(13)37)15(28)9-17-30(31,43-17)27(29)42-19(33)6-5-18(32)39-11-16-20(34)21(35)22(36)26(38-4)41-16/h12,15-17,20-24,26-27,34-36H,5-11H2,1-4H3/t15-,16?,17?,20+,21?,22?,23-,24-,26-,27+,28-,29-,30+,31+/m0/s1. The second kappa shape index (κ2) is 9.69. The Morgan fingerprint density at radius 2 is 1.78 bits per heavy atom. The Hall–Kier alpha value is -2.17. The molecular weight excluding hydrogens is 596 g/mol. The van der Waals surface area contributed by atoms with Gasteiger partial charge < -0.3 is 53.2 Å². The van der Waals surface area contributed by atoms with E-state index >= 15 is 0 Å². The number of hydrogen-bond donors (Lipinski definition) is 3. The second-order valence-electron chi connectivity index (χ2n) is 14.3. The predicted octanol–water partition coefficient (Wildman–Crippen LogP) is -0.569. The lowest BCUT2D eigenvalue weighted by Crippen LogP contribution is -2.70. The average Bonchev–Trinajstić information content (AvgIpc) is 3.93. The molecule has 8 aliphatic rings. The van der Waals surface area contributed by atoms with Gasteiger partial charge in [-0.05, 0) is 36.7 Å². The average molecular weight is 637 g/mol. The first-order valence-electron chi connectivity index (χ1n) is 15.9. The Kier molecular flexibility index (Phi) is 6.50. The van der Waals surface area contributed by atoms with Crippen molar-refractivity contribution in [2.75, 3.05) is 20.3 Å². The molecule has 0 aromatic carbocycles. The Labute approximate surface area is 259 Å². The van der Waals surface area contributed by atoms with Gasteiger partial charge in [0.05, 0.1) is 18.9 Å². The molecule has 0 radical (unpaired) electrons. The normalized spacial score (nSPS) is 51.5. The first-order valence-corrected chi connectivity index (χ1v) is 15.9. The zero-order chi connectivity index (χ0) is 31.8. The molecule has 5 heterocycles. The Morgan fingerprint density at radius 3 is 2.51 bits per heavy atom. The molecule has 248 valence electrons. The number of hydrogen-bond acceptors (Lipinski definition) is 14. The minimum atomic E-state index is -1.55. The molecule has 8 rings (SSSR count). The van der Waals surface area contributed by atoms with Crippen molar-refractivity contribution in [3.05, 3.63) is 11.1 Å². The summed E-state index contributed by atoms with van der Waals surface area (Å²) in [7, 11) is 1.27. The molecule has 14 nitrogen and oxygen atoms in total. The van der Waals surface area contributed by atoms with Crippen LogP contribution in [0.1, 0.15) is 52.9 Å². The van der Waals surface area contributed by atoms with Crippen LogP contribution in [-0.2, 0) is 52.3 Å². The molecule has 4 unspecified atom stereocenters. The Balaban J connectivity index is 0.965. The molecule has 0 bridgehead atoms. The number of carbonyl (C=O) groups excluding carboxylic acids is 3. The lowest BCUT2D eigenvalue weighted by Gasteiger charge is -2.53. The van der Waals surface area contributed by atoms with Crippen molar-refractivity contribution in [3.8, 4) is 0 Å². The van der Waals surface area contributed by atoms with Crippen LogP contribution in [0.2, 0.25) is 0 Å². The van der Waals surface area contributed by atoms with E-state index in [1.807, 2.05) is 13.8 Å². The van der Waals surface area contributed by atoms with E-state index in [9.17, 15) is 29.7 Å². The lowest BCUT2D eigenvalue weighted by atomic mass is 9.46. The zero-order valence-corrected chi connectivity index (χ0v) is 25.6. The van der Waals surface area contributed by atoms with E-state index in [2.05, 4.69) is 6.92 Å². The maximum absolute atomic E-state index is 13.4. The van der Waals surface area contributed by atoms with Crippen molar-refractivity contribution in [3.63, 3.8) is 0 Å². The highest BCUT2D eigenvalue weighted by Crippen LogP contribution is 2.83. The van der Waals surface area contributed by atoms with Gasteiger partial charge in [-0.25, -0.2) is 4.79 Å². The molecule has 0 amide bonds. The minimum absolute atomic E-state index is 0.00884. The molecule has 3 N–H and O–H groups in total. The summed E-state index contributed by atoms with van der Waals surface area (Å²) in [6.45, 7) is 6.13. The van der Waals surface area contributed by atoms with E-state index in [-0.39, 0.29) is 54.4 Å².